The second-order valence-corrected chi connectivity index (χ2v) is 12.5. The van der Waals surface area contributed by atoms with Crippen molar-refractivity contribution in [2.45, 2.75) is 31.4 Å². The Balaban J connectivity index is 2.12. The van der Waals surface area contributed by atoms with Gasteiger partial charge in [-0.15, -0.1) is 0 Å². The van der Waals surface area contributed by atoms with E-state index >= 15 is 0 Å². The molecular formula is C12H18O4SSi. The zero-order chi connectivity index (χ0) is 13.1. The summed E-state index contributed by atoms with van der Waals surface area (Å²) < 4.78 is 38.3. The molecule has 1 aliphatic heterocycles. The maximum absolute atomic E-state index is 11.6. The average Bonchev–Trinajstić information content (AvgIpc) is 2.37. The molecule has 0 spiro atoms. The molecule has 100 valence electrons. The van der Waals surface area contributed by atoms with Crippen LogP contribution in [0.1, 0.15) is 18.4 Å². The van der Waals surface area contributed by atoms with Gasteiger partial charge < -0.3 is 4.43 Å². The van der Waals surface area contributed by atoms with Crippen molar-refractivity contribution in [2.75, 3.05) is 6.61 Å². The van der Waals surface area contributed by atoms with Crippen molar-refractivity contribution in [3.8, 4) is 0 Å². The lowest BCUT2D eigenvalue weighted by atomic mass is 10.2. The Morgan fingerprint density at radius 1 is 1.22 bits per heavy atom. The van der Waals surface area contributed by atoms with Crippen molar-refractivity contribution in [2.24, 2.45) is 0 Å². The predicted octanol–water partition coefficient (Wildman–Crippen LogP) is 2.37. The zero-order valence-electron chi connectivity index (χ0n) is 10.2. The molecule has 0 bridgehead atoms. The third-order valence-electron chi connectivity index (χ3n) is 3.42. The Bertz CT molecular complexity index is 480. The lowest BCUT2D eigenvalue weighted by Gasteiger charge is -2.31. The molecule has 1 aromatic carbocycles. The molecular weight excluding hydrogens is 268 g/mol. The second kappa shape index (κ2) is 5.52. The monoisotopic (exact) mass is 286 g/mol. The first-order valence-corrected chi connectivity index (χ1v) is 10.7. The van der Waals surface area contributed by atoms with E-state index in [0.29, 0.717) is 25.1 Å². The number of benzene rings is 1. The maximum Gasteiger partial charge on any atom is 0.362 e. The van der Waals surface area contributed by atoms with Crippen LogP contribution in [0.2, 0.25) is 12.1 Å². The van der Waals surface area contributed by atoms with Crippen LogP contribution < -0.4 is 0 Å². The minimum absolute atomic E-state index is 0.440. The average molecular weight is 286 g/mol. The maximum atomic E-state index is 11.6. The van der Waals surface area contributed by atoms with Crippen LogP contribution in [0.25, 0.3) is 0 Å². The quantitative estimate of drug-likeness (QED) is 0.682. The van der Waals surface area contributed by atoms with Crippen LogP contribution in [0, 0.1) is 0 Å². The van der Waals surface area contributed by atoms with Crippen molar-refractivity contribution in [1.29, 1.82) is 0 Å². The fraction of sp³-hybridized carbons (Fsp3) is 0.500. The first kappa shape index (κ1) is 13.7. The molecule has 0 radical (unpaired) electrons. The molecule has 1 N–H and O–H groups in total. The summed E-state index contributed by atoms with van der Waals surface area (Å²) in [7, 11) is -7.08. The van der Waals surface area contributed by atoms with Crippen LogP contribution >= 0.6 is 0 Å². The number of hydrogen-bond acceptors (Lipinski definition) is 3. The molecule has 2 rings (SSSR count). The summed E-state index contributed by atoms with van der Waals surface area (Å²) in [4.78, 5) is 0. The van der Waals surface area contributed by atoms with Crippen LogP contribution in [-0.2, 0) is 20.4 Å². The molecule has 4 nitrogen and oxygen atoms in total. The van der Waals surface area contributed by atoms with Crippen LogP contribution in [0.3, 0.4) is 0 Å². The summed E-state index contributed by atoms with van der Waals surface area (Å²) >= 11 is 0. The molecule has 1 aromatic rings. The van der Waals surface area contributed by atoms with Gasteiger partial charge in [0.05, 0.1) is 0 Å². The van der Waals surface area contributed by atoms with Crippen molar-refractivity contribution in [1.82, 2.24) is 0 Å². The third kappa shape index (κ3) is 3.00. The Morgan fingerprint density at radius 3 is 2.50 bits per heavy atom. The molecule has 18 heavy (non-hydrogen) atoms. The molecule has 0 aromatic heterocycles. The molecule has 1 atom stereocenters. The van der Waals surface area contributed by atoms with E-state index < -0.39 is 17.0 Å². The first-order valence-electron chi connectivity index (χ1n) is 6.18. The fourth-order valence-electron chi connectivity index (χ4n) is 2.34. The normalized spacial score (nSPS) is 24.9. The Labute approximate surface area is 109 Å². The minimum atomic E-state index is -4.04. The summed E-state index contributed by atoms with van der Waals surface area (Å²) in [6.07, 6.45) is 2.36. The first-order chi connectivity index (χ1) is 8.54. The topological polar surface area (TPSA) is 63.6 Å². The number of rotatable bonds is 4. The zero-order valence-corrected chi connectivity index (χ0v) is 12.0. The predicted molar refractivity (Wildman–Crippen MR) is 72.2 cm³/mol. The third-order valence-corrected chi connectivity index (χ3v) is 11.6. The van der Waals surface area contributed by atoms with Gasteiger partial charge in [0.2, 0.25) is 0 Å². The molecule has 6 heteroatoms. The van der Waals surface area contributed by atoms with Crippen LogP contribution in [-0.4, -0.2) is 27.0 Å². The molecule has 0 saturated carbocycles. The molecule has 1 unspecified atom stereocenters. The molecule has 0 aliphatic carbocycles. The van der Waals surface area contributed by atoms with Crippen LogP contribution in [0.5, 0.6) is 0 Å². The van der Waals surface area contributed by atoms with Crippen molar-refractivity contribution in [3.63, 3.8) is 0 Å². The van der Waals surface area contributed by atoms with E-state index in [4.69, 9.17) is 4.43 Å². The standard InChI is InChI=1S/C12H18O4SSi/c13-17(14,15)18(10-5-4-9-16-18)11-8-12-6-2-1-3-7-12/h1-3,6-7H,4-5,8-11H2,(H,13,14,15). The van der Waals surface area contributed by atoms with E-state index in [1.807, 2.05) is 30.3 Å². The second-order valence-electron chi connectivity index (χ2n) is 4.68. The van der Waals surface area contributed by atoms with Crippen LogP contribution in [0.15, 0.2) is 30.3 Å². The Kier molecular flexibility index (Phi) is 4.21. The van der Waals surface area contributed by atoms with Crippen LogP contribution in [0.4, 0.5) is 0 Å². The van der Waals surface area contributed by atoms with E-state index in [0.717, 1.165) is 18.4 Å². The van der Waals surface area contributed by atoms with E-state index in [-0.39, 0.29) is 0 Å². The van der Waals surface area contributed by atoms with Crippen molar-refractivity contribution in [3.05, 3.63) is 35.9 Å². The lowest BCUT2D eigenvalue weighted by Crippen LogP contribution is -2.49. The smallest absolute Gasteiger partial charge is 0.362 e. The van der Waals surface area contributed by atoms with E-state index in [2.05, 4.69) is 0 Å². The van der Waals surface area contributed by atoms with Gasteiger partial charge in [-0.25, -0.2) is 8.42 Å². The van der Waals surface area contributed by atoms with Gasteiger partial charge in [0, 0.05) is 6.61 Å². The Morgan fingerprint density at radius 2 is 1.94 bits per heavy atom. The van der Waals surface area contributed by atoms with Gasteiger partial charge in [-0.2, -0.15) is 0 Å². The van der Waals surface area contributed by atoms with Gasteiger partial charge in [-0.3, -0.25) is 4.55 Å². The highest BCUT2D eigenvalue weighted by Gasteiger charge is 2.49. The van der Waals surface area contributed by atoms with Gasteiger partial charge in [-0.1, -0.05) is 36.8 Å². The molecule has 1 heterocycles. The van der Waals surface area contributed by atoms with E-state index in [1.54, 1.807) is 0 Å². The SMILES string of the molecule is O=S(=O)(O)[Si]1(CCc2ccccc2)CCCCO1. The van der Waals surface area contributed by atoms with Gasteiger partial charge in [-0.05, 0) is 30.5 Å². The number of hydrogen-bond donors (Lipinski definition) is 1. The summed E-state index contributed by atoms with van der Waals surface area (Å²) in [6, 6.07) is 10.7. The Hall–Kier alpha value is -0.693. The van der Waals surface area contributed by atoms with Crippen molar-refractivity contribution < 1.29 is 17.4 Å². The van der Waals surface area contributed by atoms with E-state index in [9.17, 15) is 13.0 Å². The van der Waals surface area contributed by atoms with Gasteiger partial charge in [0.1, 0.15) is 0 Å². The molecule has 0 amide bonds. The highest BCUT2D eigenvalue weighted by Crippen LogP contribution is 2.31. The number of aryl methyl sites for hydroxylation is 1. The highest BCUT2D eigenvalue weighted by atomic mass is 32.4. The summed E-state index contributed by atoms with van der Waals surface area (Å²) in [5.74, 6) is 0. The van der Waals surface area contributed by atoms with E-state index in [1.165, 1.54) is 0 Å². The minimum Gasteiger partial charge on any atom is -0.401 e. The van der Waals surface area contributed by atoms with Crippen molar-refractivity contribution >= 4 is 17.0 Å². The van der Waals surface area contributed by atoms with Gasteiger partial charge >= 0.3 is 7.47 Å². The largest absolute Gasteiger partial charge is 0.401 e. The van der Waals surface area contributed by atoms with Gasteiger partial charge in [0.15, 0.2) is 0 Å². The summed E-state index contributed by atoms with van der Waals surface area (Å²) in [6.45, 7) is 0.459. The molecule has 1 fully saturated rings. The molecule has 1 aliphatic rings. The summed E-state index contributed by atoms with van der Waals surface area (Å²) in [5, 5.41) is 0. The molecule has 1 saturated heterocycles. The highest BCUT2D eigenvalue weighted by molar-refractivity contribution is 8.17. The fourth-order valence-corrected chi connectivity index (χ4v) is 8.50. The van der Waals surface area contributed by atoms with Gasteiger partial charge in [0.25, 0.3) is 9.57 Å². The summed E-state index contributed by atoms with van der Waals surface area (Å²) in [5.41, 5.74) is 1.09. The lowest BCUT2D eigenvalue weighted by molar-refractivity contribution is 0.274.